The SMILES string of the molecule is CSC(=N)CNC(=O)OCc1ccccc1.I. The number of halogens is 1. The summed E-state index contributed by atoms with van der Waals surface area (Å²) in [5.74, 6) is 0. The van der Waals surface area contributed by atoms with E-state index in [0.717, 1.165) is 5.56 Å². The summed E-state index contributed by atoms with van der Waals surface area (Å²) in [5, 5.41) is 10.2. The Morgan fingerprint density at radius 1 is 1.41 bits per heavy atom. The first-order chi connectivity index (χ1) is 7.72. The highest BCUT2D eigenvalue weighted by atomic mass is 127. The maximum Gasteiger partial charge on any atom is 0.407 e. The van der Waals surface area contributed by atoms with Gasteiger partial charge in [0.25, 0.3) is 0 Å². The number of benzene rings is 1. The summed E-state index contributed by atoms with van der Waals surface area (Å²) >= 11 is 1.29. The fraction of sp³-hybridized carbons (Fsp3) is 0.273. The van der Waals surface area contributed by atoms with Gasteiger partial charge in [-0.05, 0) is 11.8 Å². The van der Waals surface area contributed by atoms with E-state index >= 15 is 0 Å². The van der Waals surface area contributed by atoms with Gasteiger partial charge in [-0.25, -0.2) is 4.79 Å². The second kappa shape index (κ2) is 9.29. The summed E-state index contributed by atoms with van der Waals surface area (Å²) in [6.45, 7) is 0.466. The van der Waals surface area contributed by atoms with Crippen molar-refractivity contribution in [2.75, 3.05) is 12.8 Å². The van der Waals surface area contributed by atoms with E-state index in [1.807, 2.05) is 30.3 Å². The largest absolute Gasteiger partial charge is 0.445 e. The first-order valence-corrected chi connectivity index (χ1v) is 6.01. The zero-order valence-electron chi connectivity index (χ0n) is 9.43. The number of carbonyl (C=O) groups is 1. The van der Waals surface area contributed by atoms with E-state index in [9.17, 15) is 4.79 Å². The molecule has 1 aromatic carbocycles. The van der Waals surface area contributed by atoms with Gasteiger partial charge in [-0.2, -0.15) is 0 Å². The molecule has 2 N–H and O–H groups in total. The minimum absolute atomic E-state index is 0. The van der Waals surface area contributed by atoms with Gasteiger partial charge in [-0.1, -0.05) is 30.3 Å². The van der Waals surface area contributed by atoms with E-state index in [2.05, 4.69) is 5.32 Å². The second-order valence-corrected chi connectivity index (χ2v) is 3.94. The molecule has 17 heavy (non-hydrogen) atoms. The van der Waals surface area contributed by atoms with Crippen molar-refractivity contribution in [2.45, 2.75) is 6.61 Å². The zero-order chi connectivity index (χ0) is 11.8. The van der Waals surface area contributed by atoms with Crippen LogP contribution in [0.1, 0.15) is 5.56 Å². The molecule has 6 heteroatoms. The fourth-order valence-corrected chi connectivity index (χ4v) is 1.22. The van der Waals surface area contributed by atoms with Crippen LogP contribution in [0.2, 0.25) is 0 Å². The average molecular weight is 366 g/mol. The van der Waals surface area contributed by atoms with Crippen molar-refractivity contribution in [3.05, 3.63) is 35.9 Å². The van der Waals surface area contributed by atoms with Crippen LogP contribution in [-0.4, -0.2) is 23.9 Å². The molecule has 0 saturated carbocycles. The molecular weight excluding hydrogens is 351 g/mol. The molecule has 0 radical (unpaired) electrons. The Balaban J connectivity index is 0.00000256. The molecule has 0 aromatic heterocycles. The van der Waals surface area contributed by atoms with Crippen LogP contribution in [0.3, 0.4) is 0 Å². The highest BCUT2D eigenvalue weighted by Crippen LogP contribution is 2.00. The van der Waals surface area contributed by atoms with Crippen LogP contribution in [0.4, 0.5) is 4.79 Å². The fourth-order valence-electron chi connectivity index (χ4n) is 0.999. The zero-order valence-corrected chi connectivity index (χ0v) is 12.6. The molecule has 0 fully saturated rings. The molecule has 94 valence electrons. The van der Waals surface area contributed by atoms with Crippen molar-refractivity contribution < 1.29 is 9.53 Å². The van der Waals surface area contributed by atoms with Gasteiger partial charge >= 0.3 is 6.09 Å². The van der Waals surface area contributed by atoms with Gasteiger partial charge in [0.2, 0.25) is 0 Å². The number of amides is 1. The van der Waals surface area contributed by atoms with E-state index in [4.69, 9.17) is 10.1 Å². The third-order valence-corrected chi connectivity index (χ3v) is 2.49. The van der Waals surface area contributed by atoms with Crippen LogP contribution in [0.15, 0.2) is 30.3 Å². The summed E-state index contributed by atoms with van der Waals surface area (Å²) in [5.41, 5.74) is 0.942. The summed E-state index contributed by atoms with van der Waals surface area (Å²) in [6.07, 6.45) is 1.29. The van der Waals surface area contributed by atoms with Crippen molar-refractivity contribution in [1.29, 1.82) is 5.41 Å². The van der Waals surface area contributed by atoms with Gasteiger partial charge in [-0.15, -0.1) is 35.7 Å². The molecule has 1 aromatic rings. The van der Waals surface area contributed by atoms with E-state index in [-0.39, 0.29) is 37.1 Å². The van der Waals surface area contributed by atoms with Gasteiger partial charge in [0, 0.05) is 0 Å². The molecule has 0 atom stereocenters. The van der Waals surface area contributed by atoms with Crippen LogP contribution in [-0.2, 0) is 11.3 Å². The molecule has 4 nitrogen and oxygen atoms in total. The molecule has 0 spiro atoms. The molecule has 0 aliphatic heterocycles. The number of hydrogen-bond acceptors (Lipinski definition) is 4. The van der Waals surface area contributed by atoms with Crippen molar-refractivity contribution in [3.8, 4) is 0 Å². The molecule has 0 saturated heterocycles. The smallest absolute Gasteiger partial charge is 0.407 e. The third-order valence-electron chi connectivity index (χ3n) is 1.85. The maximum absolute atomic E-state index is 11.2. The Morgan fingerprint density at radius 3 is 2.65 bits per heavy atom. The maximum atomic E-state index is 11.2. The number of ether oxygens (including phenoxy) is 1. The summed E-state index contributed by atoms with van der Waals surface area (Å²) in [6, 6.07) is 9.46. The van der Waals surface area contributed by atoms with Crippen molar-refractivity contribution >= 4 is 46.9 Å². The first-order valence-electron chi connectivity index (χ1n) is 4.78. The number of rotatable bonds is 4. The van der Waals surface area contributed by atoms with Crippen LogP contribution in [0, 0.1) is 5.41 Å². The summed E-state index contributed by atoms with van der Waals surface area (Å²) in [7, 11) is 0. The normalized spacial score (nSPS) is 9.00. The highest BCUT2D eigenvalue weighted by molar-refractivity contribution is 14.0. The number of nitrogens with one attached hydrogen (secondary N) is 2. The standard InChI is InChI=1S/C11H14N2O2S.HI/c1-16-10(12)7-13-11(14)15-8-9-5-3-2-4-6-9;/h2-6,12H,7-8H2,1H3,(H,13,14);1H. The van der Waals surface area contributed by atoms with Gasteiger partial charge < -0.3 is 10.1 Å². The Hall–Kier alpha value is -0.760. The van der Waals surface area contributed by atoms with Crippen molar-refractivity contribution in [3.63, 3.8) is 0 Å². The molecule has 0 bridgehead atoms. The quantitative estimate of drug-likeness (QED) is 0.489. The van der Waals surface area contributed by atoms with E-state index < -0.39 is 6.09 Å². The lowest BCUT2D eigenvalue weighted by Crippen LogP contribution is -2.28. The molecule has 0 aliphatic rings. The lowest BCUT2D eigenvalue weighted by Gasteiger charge is -2.06. The van der Waals surface area contributed by atoms with E-state index in [1.54, 1.807) is 6.26 Å². The Kier molecular flexibility index (Phi) is 8.87. The van der Waals surface area contributed by atoms with Crippen molar-refractivity contribution in [2.24, 2.45) is 0 Å². The lowest BCUT2D eigenvalue weighted by atomic mass is 10.2. The van der Waals surface area contributed by atoms with Gasteiger partial charge in [0.05, 0.1) is 11.6 Å². The Labute approximate surface area is 122 Å². The van der Waals surface area contributed by atoms with Gasteiger partial charge in [0.15, 0.2) is 0 Å². The highest BCUT2D eigenvalue weighted by Gasteiger charge is 2.03. The van der Waals surface area contributed by atoms with Crippen LogP contribution in [0.25, 0.3) is 0 Å². The Bertz CT molecular complexity index is 360. The van der Waals surface area contributed by atoms with Crippen molar-refractivity contribution in [1.82, 2.24) is 5.32 Å². The Morgan fingerprint density at radius 2 is 2.06 bits per heavy atom. The van der Waals surface area contributed by atoms with Gasteiger partial charge in [0.1, 0.15) is 6.61 Å². The summed E-state index contributed by atoms with van der Waals surface area (Å²) < 4.78 is 4.97. The van der Waals surface area contributed by atoms with Gasteiger partial charge in [-0.3, -0.25) is 5.41 Å². The second-order valence-electron chi connectivity index (χ2n) is 3.04. The topological polar surface area (TPSA) is 62.2 Å². The summed E-state index contributed by atoms with van der Waals surface area (Å²) in [4.78, 5) is 11.2. The van der Waals surface area contributed by atoms with E-state index in [0.29, 0.717) is 5.04 Å². The monoisotopic (exact) mass is 366 g/mol. The number of carbonyl (C=O) groups excluding carboxylic acids is 1. The third kappa shape index (κ3) is 7.22. The number of hydrogen-bond donors (Lipinski definition) is 2. The molecule has 1 amide bonds. The van der Waals surface area contributed by atoms with Crippen LogP contribution < -0.4 is 5.32 Å². The predicted octanol–water partition coefficient (Wildman–Crippen LogP) is 2.87. The molecule has 1 rings (SSSR count). The van der Waals surface area contributed by atoms with Crippen LogP contribution >= 0.6 is 35.7 Å². The number of thioether (sulfide) groups is 1. The number of alkyl carbamates (subject to hydrolysis) is 1. The van der Waals surface area contributed by atoms with Crippen LogP contribution in [0.5, 0.6) is 0 Å². The lowest BCUT2D eigenvalue weighted by molar-refractivity contribution is 0.141. The van der Waals surface area contributed by atoms with E-state index in [1.165, 1.54) is 11.8 Å². The molecular formula is C11H15IN2O2S. The molecule has 0 unspecified atom stereocenters. The predicted molar refractivity (Wildman–Crippen MR) is 81.3 cm³/mol. The molecule has 0 heterocycles. The molecule has 0 aliphatic carbocycles. The first kappa shape index (κ1) is 16.2. The minimum atomic E-state index is -0.498. The average Bonchev–Trinajstić information content (AvgIpc) is 2.34. The minimum Gasteiger partial charge on any atom is -0.445 e.